The Morgan fingerprint density at radius 3 is 2.67 bits per heavy atom. The number of likely N-dealkylation sites (tertiary alicyclic amines) is 1. The number of hydrogen-bond donors (Lipinski definition) is 0. The number of allylic oxidation sites excluding steroid dienone is 2. The van der Waals surface area contributed by atoms with Gasteiger partial charge in [0.25, 0.3) is 0 Å². The van der Waals surface area contributed by atoms with Gasteiger partial charge in [-0.1, -0.05) is 31.1 Å². The SMILES string of the molecule is CC1(C)CCCC2=C1C[C@@H]1C(=O)N(Cc3cccnc3)C(=O)[C@@H]1C2. The van der Waals surface area contributed by atoms with Crippen LogP contribution in [0.4, 0.5) is 0 Å². The number of pyridine rings is 1. The van der Waals surface area contributed by atoms with Crippen molar-refractivity contribution in [2.45, 2.75) is 52.5 Å². The molecule has 0 N–H and O–H groups in total. The van der Waals surface area contributed by atoms with E-state index in [1.807, 2.05) is 12.1 Å². The lowest BCUT2D eigenvalue weighted by Gasteiger charge is -2.40. The summed E-state index contributed by atoms with van der Waals surface area (Å²) in [4.78, 5) is 31.3. The number of carbonyl (C=O) groups is 2. The van der Waals surface area contributed by atoms with Crippen LogP contribution in [0.15, 0.2) is 35.7 Å². The molecule has 0 radical (unpaired) electrons. The van der Waals surface area contributed by atoms with Crippen LogP contribution < -0.4 is 0 Å². The summed E-state index contributed by atoms with van der Waals surface area (Å²) in [7, 11) is 0. The van der Waals surface area contributed by atoms with Gasteiger partial charge in [0.2, 0.25) is 11.8 Å². The molecule has 0 aromatic carbocycles. The number of amides is 2. The third-order valence-corrected chi connectivity index (χ3v) is 6.13. The second-order valence-corrected chi connectivity index (χ2v) is 8.06. The Labute approximate surface area is 143 Å². The van der Waals surface area contributed by atoms with Crippen LogP contribution in [-0.4, -0.2) is 21.7 Å². The van der Waals surface area contributed by atoms with Gasteiger partial charge in [-0.25, -0.2) is 0 Å². The fourth-order valence-corrected chi connectivity index (χ4v) is 4.80. The predicted molar refractivity (Wildman–Crippen MR) is 90.7 cm³/mol. The van der Waals surface area contributed by atoms with E-state index < -0.39 is 0 Å². The average Bonchev–Trinajstić information content (AvgIpc) is 2.79. The lowest BCUT2D eigenvalue weighted by atomic mass is 9.63. The molecule has 0 unspecified atom stereocenters. The standard InChI is InChI=1S/C20H24N2O2/c1-20(2)7-3-6-14-9-15-16(10-17(14)20)19(24)22(18(15)23)12-13-5-4-8-21-11-13/h4-5,8,11,15-16H,3,6-7,9-10,12H2,1-2H3/t15-,16+/m1/s1. The van der Waals surface area contributed by atoms with Crippen LogP contribution in [0.25, 0.3) is 0 Å². The van der Waals surface area contributed by atoms with Crippen LogP contribution >= 0.6 is 0 Å². The van der Waals surface area contributed by atoms with Crippen LogP contribution in [0.1, 0.15) is 51.5 Å². The smallest absolute Gasteiger partial charge is 0.233 e. The number of hydrogen-bond acceptors (Lipinski definition) is 3. The monoisotopic (exact) mass is 324 g/mol. The first-order chi connectivity index (χ1) is 11.5. The highest BCUT2D eigenvalue weighted by Crippen LogP contribution is 2.51. The van der Waals surface area contributed by atoms with Crippen molar-refractivity contribution >= 4 is 11.8 Å². The molecule has 1 saturated heterocycles. The van der Waals surface area contributed by atoms with E-state index in [-0.39, 0.29) is 29.1 Å². The summed E-state index contributed by atoms with van der Waals surface area (Å²) in [6.07, 6.45) is 8.49. The van der Waals surface area contributed by atoms with E-state index in [2.05, 4.69) is 18.8 Å². The van der Waals surface area contributed by atoms with Crippen molar-refractivity contribution < 1.29 is 9.59 Å². The Morgan fingerprint density at radius 1 is 1.21 bits per heavy atom. The third-order valence-electron chi connectivity index (χ3n) is 6.13. The third kappa shape index (κ3) is 2.40. The number of aromatic nitrogens is 1. The van der Waals surface area contributed by atoms with Gasteiger partial charge in [-0.3, -0.25) is 19.5 Å². The molecule has 1 aliphatic heterocycles. The fourth-order valence-electron chi connectivity index (χ4n) is 4.80. The largest absolute Gasteiger partial charge is 0.278 e. The minimum Gasteiger partial charge on any atom is -0.278 e. The quantitative estimate of drug-likeness (QED) is 0.618. The summed E-state index contributed by atoms with van der Waals surface area (Å²) >= 11 is 0. The van der Waals surface area contributed by atoms with E-state index in [0.29, 0.717) is 6.54 Å². The summed E-state index contributed by atoms with van der Waals surface area (Å²) in [5, 5.41) is 0. The first kappa shape index (κ1) is 15.6. The normalized spacial score (nSPS) is 28.8. The molecule has 2 atom stereocenters. The zero-order valence-corrected chi connectivity index (χ0v) is 14.4. The van der Waals surface area contributed by atoms with Gasteiger partial charge < -0.3 is 0 Å². The molecule has 0 saturated carbocycles. The highest BCUT2D eigenvalue weighted by atomic mass is 16.2. The molecule has 0 spiro atoms. The topological polar surface area (TPSA) is 50.3 Å². The Morgan fingerprint density at radius 2 is 1.96 bits per heavy atom. The minimum absolute atomic E-state index is 0.0155. The van der Waals surface area contributed by atoms with Gasteiger partial charge in [0.15, 0.2) is 0 Å². The number of rotatable bonds is 2. The zero-order chi connectivity index (χ0) is 16.9. The predicted octanol–water partition coefficient (Wildman–Crippen LogP) is 3.48. The van der Waals surface area contributed by atoms with Crippen LogP contribution in [0, 0.1) is 17.3 Å². The maximum absolute atomic E-state index is 12.9. The van der Waals surface area contributed by atoms with E-state index in [1.54, 1.807) is 12.4 Å². The van der Waals surface area contributed by atoms with E-state index in [1.165, 1.54) is 28.9 Å². The number of carbonyl (C=O) groups excluding carboxylic acids is 2. The van der Waals surface area contributed by atoms with Crippen LogP contribution in [0.5, 0.6) is 0 Å². The lowest BCUT2D eigenvalue weighted by molar-refractivity contribution is -0.140. The van der Waals surface area contributed by atoms with E-state index in [0.717, 1.165) is 24.8 Å². The van der Waals surface area contributed by atoms with Gasteiger partial charge in [0.05, 0.1) is 18.4 Å². The van der Waals surface area contributed by atoms with Gasteiger partial charge >= 0.3 is 0 Å². The Hall–Kier alpha value is -1.97. The molecule has 2 amide bonds. The maximum atomic E-state index is 12.9. The lowest BCUT2D eigenvalue weighted by Crippen LogP contribution is -2.32. The van der Waals surface area contributed by atoms with Gasteiger partial charge in [-0.2, -0.15) is 0 Å². The molecular weight excluding hydrogens is 300 g/mol. The number of nitrogens with zero attached hydrogens (tertiary/aromatic N) is 2. The molecule has 24 heavy (non-hydrogen) atoms. The first-order valence-corrected chi connectivity index (χ1v) is 8.93. The van der Waals surface area contributed by atoms with Crippen molar-refractivity contribution in [1.29, 1.82) is 0 Å². The Balaban J connectivity index is 1.60. The molecule has 2 heterocycles. The molecule has 1 fully saturated rings. The molecule has 4 nitrogen and oxygen atoms in total. The minimum atomic E-state index is -0.148. The summed E-state index contributed by atoms with van der Waals surface area (Å²) in [6.45, 7) is 4.93. The summed E-state index contributed by atoms with van der Waals surface area (Å²) in [6, 6.07) is 3.76. The molecular formula is C20H24N2O2. The van der Waals surface area contributed by atoms with Crippen LogP contribution in [0.2, 0.25) is 0 Å². The molecule has 4 rings (SSSR count). The highest BCUT2D eigenvalue weighted by Gasteiger charge is 2.51. The molecule has 3 aliphatic rings. The molecule has 126 valence electrons. The van der Waals surface area contributed by atoms with Crippen molar-refractivity contribution in [1.82, 2.24) is 9.88 Å². The Bertz CT molecular complexity index is 720. The van der Waals surface area contributed by atoms with Gasteiger partial charge in [-0.05, 0) is 49.1 Å². The summed E-state index contributed by atoms with van der Waals surface area (Å²) in [5.74, 6) is -0.252. The van der Waals surface area contributed by atoms with E-state index in [4.69, 9.17) is 0 Å². The van der Waals surface area contributed by atoms with Crippen molar-refractivity contribution in [3.05, 3.63) is 41.2 Å². The van der Waals surface area contributed by atoms with E-state index >= 15 is 0 Å². The van der Waals surface area contributed by atoms with Gasteiger partial charge in [0.1, 0.15) is 0 Å². The maximum Gasteiger partial charge on any atom is 0.233 e. The second-order valence-electron chi connectivity index (χ2n) is 8.06. The van der Waals surface area contributed by atoms with Gasteiger partial charge in [0, 0.05) is 12.4 Å². The molecule has 4 heteroatoms. The van der Waals surface area contributed by atoms with Gasteiger partial charge in [-0.15, -0.1) is 0 Å². The van der Waals surface area contributed by atoms with Crippen molar-refractivity contribution in [3.8, 4) is 0 Å². The average molecular weight is 324 g/mol. The van der Waals surface area contributed by atoms with Crippen molar-refractivity contribution in [2.75, 3.05) is 0 Å². The fraction of sp³-hybridized carbons (Fsp3) is 0.550. The highest BCUT2D eigenvalue weighted by molar-refractivity contribution is 6.05. The van der Waals surface area contributed by atoms with Crippen LogP contribution in [-0.2, 0) is 16.1 Å². The first-order valence-electron chi connectivity index (χ1n) is 8.93. The van der Waals surface area contributed by atoms with Crippen molar-refractivity contribution in [3.63, 3.8) is 0 Å². The van der Waals surface area contributed by atoms with E-state index in [9.17, 15) is 9.59 Å². The number of imide groups is 1. The second kappa shape index (κ2) is 5.54. The summed E-state index contributed by atoms with van der Waals surface area (Å²) < 4.78 is 0. The molecule has 0 bridgehead atoms. The van der Waals surface area contributed by atoms with Crippen LogP contribution in [0.3, 0.4) is 0 Å². The molecule has 2 aliphatic carbocycles. The summed E-state index contributed by atoms with van der Waals surface area (Å²) in [5.41, 5.74) is 4.01. The molecule has 1 aromatic rings. The number of fused-ring (bicyclic) bond motifs is 1. The molecule has 1 aromatic heterocycles. The zero-order valence-electron chi connectivity index (χ0n) is 14.4. The van der Waals surface area contributed by atoms with Crippen molar-refractivity contribution in [2.24, 2.45) is 17.3 Å². The Kier molecular flexibility index (Phi) is 3.59.